The Morgan fingerprint density at radius 1 is 1.55 bits per heavy atom. The molecule has 0 unspecified atom stereocenters. The van der Waals surface area contributed by atoms with Gasteiger partial charge in [0, 0.05) is 16.7 Å². The number of hydrogen-bond acceptors (Lipinski definition) is 4. The van der Waals surface area contributed by atoms with Gasteiger partial charge in [-0.15, -0.1) is 11.3 Å². The first kappa shape index (κ1) is 15.4. The van der Waals surface area contributed by atoms with Crippen molar-refractivity contribution < 1.29 is 4.79 Å². The average molecular weight is 308 g/mol. The quantitative estimate of drug-likeness (QED) is 0.840. The molecule has 1 aliphatic rings. The summed E-state index contributed by atoms with van der Waals surface area (Å²) in [7, 11) is 0. The number of thioether (sulfide) groups is 1. The number of amides is 1. The minimum Gasteiger partial charge on any atom is -0.351 e. The van der Waals surface area contributed by atoms with Crippen molar-refractivity contribution in [3.63, 3.8) is 0 Å². The first-order valence-corrected chi connectivity index (χ1v) is 8.90. The molecular formula is C15H20N2OS2. The molecule has 0 saturated heterocycles. The molecule has 0 radical (unpaired) electrons. The minimum atomic E-state index is 0.00220. The molecule has 0 aromatic carbocycles. The molecule has 1 saturated carbocycles. The summed E-state index contributed by atoms with van der Waals surface area (Å²) < 4.78 is 0.244. The Morgan fingerprint density at radius 3 is 2.95 bits per heavy atom. The second-order valence-corrected chi connectivity index (χ2v) is 7.17. The van der Waals surface area contributed by atoms with Gasteiger partial charge in [-0.1, -0.05) is 24.7 Å². The number of nitrogens with one attached hydrogen (secondary N) is 1. The van der Waals surface area contributed by atoms with Gasteiger partial charge in [0.15, 0.2) is 0 Å². The fraction of sp³-hybridized carbons (Fsp3) is 0.533. The molecule has 0 spiro atoms. The lowest BCUT2D eigenvalue weighted by molar-refractivity contribution is 0.0950. The number of rotatable bonds is 4. The van der Waals surface area contributed by atoms with Crippen LogP contribution >= 0.6 is 23.1 Å². The highest BCUT2D eigenvalue weighted by Crippen LogP contribution is 2.39. The molecular weight excluding hydrogens is 288 g/mol. The summed E-state index contributed by atoms with van der Waals surface area (Å²) in [6.45, 7) is 1.10. The molecule has 0 atom stereocenters. The number of nitrogens with two attached hydrogens (primary N) is 1. The molecule has 1 aliphatic carbocycles. The fourth-order valence-corrected chi connectivity index (χ4v) is 4.14. The highest BCUT2D eigenvalue weighted by atomic mass is 32.2. The van der Waals surface area contributed by atoms with Crippen LogP contribution in [0.3, 0.4) is 0 Å². The van der Waals surface area contributed by atoms with Crippen molar-refractivity contribution in [3.8, 4) is 11.8 Å². The van der Waals surface area contributed by atoms with Gasteiger partial charge in [-0.3, -0.25) is 4.79 Å². The van der Waals surface area contributed by atoms with E-state index in [9.17, 15) is 4.79 Å². The zero-order valence-electron chi connectivity index (χ0n) is 11.7. The molecule has 1 fully saturated rings. The van der Waals surface area contributed by atoms with Crippen LogP contribution in [-0.2, 0) is 0 Å². The van der Waals surface area contributed by atoms with Crippen molar-refractivity contribution in [3.05, 3.63) is 21.9 Å². The van der Waals surface area contributed by atoms with Crippen molar-refractivity contribution in [2.45, 2.75) is 30.4 Å². The van der Waals surface area contributed by atoms with Gasteiger partial charge in [0.1, 0.15) is 0 Å². The molecule has 3 nitrogen and oxygen atoms in total. The molecule has 5 heteroatoms. The molecule has 20 heavy (non-hydrogen) atoms. The Balaban J connectivity index is 1.93. The topological polar surface area (TPSA) is 55.1 Å². The molecule has 1 heterocycles. The standard InChI is InChI=1S/C15H20N2OS2/c1-19-15(6-2-3-7-15)11-17-14(18)12-9-13(20-10-12)5-4-8-16/h9-10H,2-3,6-8,11,16H2,1H3,(H,17,18). The minimum absolute atomic E-state index is 0.00220. The summed E-state index contributed by atoms with van der Waals surface area (Å²) in [5, 5.41) is 4.93. The van der Waals surface area contributed by atoms with Crippen LogP contribution < -0.4 is 11.1 Å². The summed E-state index contributed by atoms with van der Waals surface area (Å²) in [6, 6.07) is 1.84. The van der Waals surface area contributed by atoms with Gasteiger partial charge in [-0.05, 0) is 25.2 Å². The number of hydrogen-bond donors (Lipinski definition) is 2. The third kappa shape index (κ3) is 3.78. The van der Waals surface area contributed by atoms with E-state index in [2.05, 4.69) is 23.4 Å². The van der Waals surface area contributed by atoms with Crippen LogP contribution in [0.4, 0.5) is 0 Å². The largest absolute Gasteiger partial charge is 0.351 e. The van der Waals surface area contributed by atoms with Crippen LogP contribution in [0.1, 0.15) is 40.9 Å². The maximum Gasteiger partial charge on any atom is 0.252 e. The van der Waals surface area contributed by atoms with Crippen LogP contribution in [0.25, 0.3) is 0 Å². The molecule has 0 aliphatic heterocycles. The van der Waals surface area contributed by atoms with E-state index in [1.165, 1.54) is 37.0 Å². The van der Waals surface area contributed by atoms with Crippen LogP contribution in [0.15, 0.2) is 11.4 Å². The van der Waals surface area contributed by atoms with E-state index in [0.717, 1.165) is 11.4 Å². The summed E-state index contributed by atoms with van der Waals surface area (Å²) in [4.78, 5) is 13.0. The third-order valence-electron chi connectivity index (χ3n) is 3.69. The van der Waals surface area contributed by atoms with Gasteiger partial charge >= 0.3 is 0 Å². The van der Waals surface area contributed by atoms with Crippen molar-refractivity contribution in [2.75, 3.05) is 19.3 Å². The molecule has 0 bridgehead atoms. The highest BCUT2D eigenvalue weighted by molar-refractivity contribution is 8.00. The summed E-state index contributed by atoms with van der Waals surface area (Å²) >= 11 is 3.37. The highest BCUT2D eigenvalue weighted by Gasteiger charge is 2.33. The lowest BCUT2D eigenvalue weighted by atomic mass is 10.1. The van der Waals surface area contributed by atoms with E-state index in [0.29, 0.717) is 12.1 Å². The van der Waals surface area contributed by atoms with Crippen molar-refractivity contribution >= 4 is 29.0 Å². The lowest BCUT2D eigenvalue weighted by Gasteiger charge is -2.26. The SMILES string of the molecule is CSC1(CNC(=O)c2csc(C#CCN)c2)CCCC1. The van der Waals surface area contributed by atoms with Crippen molar-refractivity contribution in [1.82, 2.24) is 5.32 Å². The molecule has 1 aromatic rings. The lowest BCUT2D eigenvalue weighted by Crippen LogP contribution is -2.38. The average Bonchev–Trinajstić information content (AvgIpc) is 3.12. The van der Waals surface area contributed by atoms with Gasteiger partial charge in [0.2, 0.25) is 0 Å². The Morgan fingerprint density at radius 2 is 2.30 bits per heavy atom. The molecule has 1 aromatic heterocycles. The van der Waals surface area contributed by atoms with Crippen molar-refractivity contribution in [2.24, 2.45) is 5.73 Å². The van der Waals surface area contributed by atoms with Gasteiger partial charge in [-0.25, -0.2) is 0 Å². The Hall–Kier alpha value is -0.960. The van der Waals surface area contributed by atoms with E-state index in [4.69, 9.17) is 5.73 Å². The van der Waals surface area contributed by atoms with Gasteiger partial charge in [0.05, 0.1) is 17.0 Å². The Labute approximate surface area is 128 Å². The summed E-state index contributed by atoms with van der Waals surface area (Å²) in [5.74, 6) is 5.76. The van der Waals surface area contributed by atoms with Crippen LogP contribution in [0.2, 0.25) is 0 Å². The molecule has 108 valence electrons. The normalized spacial score (nSPS) is 16.5. The zero-order chi connectivity index (χ0) is 14.4. The predicted molar refractivity (Wildman–Crippen MR) is 87.3 cm³/mol. The molecule has 3 N–H and O–H groups in total. The predicted octanol–water partition coefficient (Wildman–Crippen LogP) is 2.46. The summed E-state index contributed by atoms with van der Waals surface area (Å²) in [5.41, 5.74) is 6.04. The third-order valence-corrected chi connectivity index (χ3v) is 5.96. The van der Waals surface area contributed by atoms with Gasteiger partial charge < -0.3 is 11.1 Å². The molecule has 2 rings (SSSR count). The summed E-state index contributed by atoms with van der Waals surface area (Å²) in [6.07, 6.45) is 7.08. The molecule has 1 amide bonds. The first-order chi connectivity index (χ1) is 9.69. The van der Waals surface area contributed by atoms with E-state index >= 15 is 0 Å². The van der Waals surface area contributed by atoms with E-state index in [-0.39, 0.29) is 10.7 Å². The smallest absolute Gasteiger partial charge is 0.252 e. The Kier molecular flexibility index (Phi) is 5.53. The van der Waals surface area contributed by atoms with E-state index < -0.39 is 0 Å². The van der Waals surface area contributed by atoms with Gasteiger partial charge in [0.25, 0.3) is 5.91 Å². The zero-order valence-corrected chi connectivity index (χ0v) is 13.3. The second kappa shape index (κ2) is 7.16. The van der Waals surface area contributed by atoms with Crippen LogP contribution in [-0.4, -0.2) is 30.0 Å². The number of thiophene rings is 1. The van der Waals surface area contributed by atoms with Gasteiger partial charge in [-0.2, -0.15) is 11.8 Å². The maximum absolute atomic E-state index is 12.2. The fourth-order valence-electron chi connectivity index (χ4n) is 2.47. The monoisotopic (exact) mass is 308 g/mol. The first-order valence-electron chi connectivity index (χ1n) is 6.80. The van der Waals surface area contributed by atoms with Crippen LogP contribution in [0.5, 0.6) is 0 Å². The number of carbonyl (C=O) groups excluding carboxylic acids is 1. The van der Waals surface area contributed by atoms with Crippen molar-refractivity contribution in [1.29, 1.82) is 0 Å². The number of carbonyl (C=O) groups is 1. The van der Waals surface area contributed by atoms with E-state index in [1.54, 1.807) is 0 Å². The van der Waals surface area contributed by atoms with E-state index in [1.807, 2.05) is 23.2 Å². The second-order valence-electron chi connectivity index (χ2n) is 4.98. The maximum atomic E-state index is 12.2. The Bertz CT molecular complexity index is 521. The van der Waals surface area contributed by atoms with Crippen LogP contribution in [0, 0.1) is 11.8 Å².